The zero-order chi connectivity index (χ0) is 13.0. The molecule has 0 heterocycles. The predicted octanol–water partition coefficient (Wildman–Crippen LogP) is 4.28. The average molecular weight is 302 g/mol. The highest BCUT2D eigenvalue weighted by Crippen LogP contribution is 2.25. The Morgan fingerprint density at radius 1 is 1.22 bits per heavy atom. The molecule has 0 bridgehead atoms. The highest BCUT2D eigenvalue weighted by atomic mass is 79.9. The van der Waals surface area contributed by atoms with E-state index >= 15 is 0 Å². The van der Waals surface area contributed by atoms with Gasteiger partial charge >= 0.3 is 0 Å². The number of hydrogen-bond donors (Lipinski definition) is 1. The van der Waals surface area contributed by atoms with Gasteiger partial charge in [-0.25, -0.2) is 0 Å². The summed E-state index contributed by atoms with van der Waals surface area (Å²) in [5, 5.41) is 5.84. The first-order valence-corrected chi connectivity index (χ1v) is 6.84. The molecule has 0 fully saturated rings. The van der Waals surface area contributed by atoms with Crippen molar-refractivity contribution in [2.24, 2.45) is 0 Å². The molecule has 18 heavy (non-hydrogen) atoms. The lowest BCUT2D eigenvalue weighted by Gasteiger charge is -2.16. The second-order valence-electron chi connectivity index (χ2n) is 4.33. The second-order valence-corrected chi connectivity index (χ2v) is 5.25. The Kier molecular flexibility index (Phi) is 4.41. The van der Waals surface area contributed by atoms with E-state index in [9.17, 15) is 0 Å². The van der Waals surface area contributed by atoms with E-state index in [4.69, 9.17) is 6.42 Å². The fourth-order valence-electron chi connectivity index (χ4n) is 2.16. The normalized spacial score (nSPS) is 12.3. The van der Waals surface area contributed by atoms with Crippen LogP contribution in [-0.4, -0.2) is 7.05 Å². The third-order valence-corrected chi connectivity index (χ3v) is 3.65. The molecule has 0 aliphatic carbocycles. The monoisotopic (exact) mass is 301 g/mol. The van der Waals surface area contributed by atoms with E-state index in [1.54, 1.807) is 0 Å². The topological polar surface area (TPSA) is 12.0 Å². The van der Waals surface area contributed by atoms with Crippen LogP contribution in [0.15, 0.2) is 40.9 Å². The number of benzene rings is 2. The van der Waals surface area contributed by atoms with Crippen LogP contribution in [0.2, 0.25) is 0 Å². The van der Waals surface area contributed by atoms with Gasteiger partial charge in [-0.1, -0.05) is 34.1 Å². The molecule has 0 amide bonds. The minimum atomic E-state index is 0.328. The van der Waals surface area contributed by atoms with E-state index in [0.29, 0.717) is 6.04 Å². The molecule has 1 nitrogen and oxygen atoms in total. The minimum absolute atomic E-state index is 0.328. The quantitative estimate of drug-likeness (QED) is 0.831. The number of hydrogen-bond acceptors (Lipinski definition) is 1. The third kappa shape index (κ3) is 2.93. The summed E-state index contributed by atoms with van der Waals surface area (Å²) < 4.78 is 1.11. The molecule has 0 saturated heterocycles. The van der Waals surface area contributed by atoms with E-state index in [0.717, 1.165) is 17.3 Å². The largest absolute Gasteiger partial charge is 0.313 e. The van der Waals surface area contributed by atoms with Gasteiger partial charge in [-0.2, -0.15) is 0 Å². The summed E-state index contributed by atoms with van der Waals surface area (Å²) >= 11 is 3.49. The van der Waals surface area contributed by atoms with Crippen LogP contribution in [0.5, 0.6) is 0 Å². The van der Waals surface area contributed by atoms with Crippen molar-refractivity contribution in [1.82, 2.24) is 5.32 Å². The zero-order valence-corrected chi connectivity index (χ0v) is 12.0. The maximum atomic E-state index is 5.33. The molecule has 0 spiro atoms. The molecule has 0 radical (unpaired) electrons. The highest BCUT2D eigenvalue weighted by Gasteiger charge is 2.08. The van der Waals surface area contributed by atoms with Crippen LogP contribution in [-0.2, 0) is 0 Å². The Morgan fingerprint density at radius 3 is 2.67 bits per heavy atom. The maximum absolute atomic E-state index is 5.33. The van der Waals surface area contributed by atoms with Crippen LogP contribution in [0.1, 0.15) is 24.4 Å². The molecule has 92 valence electrons. The van der Waals surface area contributed by atoms with Crippen molar-refractivity contribution in [3.63, 3.8) is 0 Å². The van der Waals surface area contributed by atoms with Gasteiger partial charge in [0.1, 0.15) is 0 Å². The molecule has 0 aliphatic rings. The third-order valence-electron chi connectivity index (χ3n) is 3.15. The second kappa shape index (κ2) is 6.04. The average Bonchev–Trinajstić information content (AvgIpc) is 2.39. The summed E-state index contributed by atoms with van der Waals surface area (Å²) in [6, 6.07) is 13.2. The number of nitrogens with one attached hydrogen (secondary N) is 1. The molecule has 2 rings (SSSR count). The van der Waals surface area contributed by atoms with Gasteiger partial charge in [0.2, 0.25) is 0 Å². The van der Waals surface area contributed by atoms with Crippen LogP contribution in [0.4, 0.5) is 0 Å². The number of halogens is 1. The lowest BCUT2D eigenvalue weighted by Crippen LogP contribution is -2.15. The smallest absolute Gasteiger partial charge is 0.0326 e. The molecular formula is C16H16BrN. The summed E-state index contributed by atoms with van der Waals surface area (Å²) in [5.74, 6) is 2.70. The van der Waals surface area contributed by atoms with Crippen molar-refractivity contribution >= 4 is 26.7 Å². The lowest BCUT2D eigenvalue weighted by molar-refractivity contribution is 0.559. The summed E-state index contributed by atoms with van der Waals surface area (Å²) in [7, 11) is 1.98. The molecule has 2 heteroatoms. The standard InChI is InChI=1S/C16H16BrN/c1-3-4-5-16(18-2)14-7-6-13-11-15(17)9-8-12(13)10-14/h1,6-11,16,18H,4-5H2,2H3. The Balaban J connectivity index is 2.34. The zero-order valence-electron chi connectivity index (χ0n) is 10.4. The maximum Gasteiger partial charge on any atom is 0.0326 e. The van der Waals surface area contributed by atoms with Crippen molar-refractivity contribution in [3.05, 3.63) is 46.4 Å². The first kappa shape index (κ1) is 13.1. The van der Waals surface area contributed by atoms with Crippen molar-refractivity contribution in [1.29, 1.82) is 0 Å². The van der Waals surface area contributed by atoms with Gasteiger partial charge in [0, 0.05) is 16.9 Å². The molecule has 1 N–H and O–H groups in total. The number of rotatable bonds is 4. The van der Waals surface area contributed by atoms with Crippen LogP contribution < -0.4 is 5.32 Å². The molecule has 2 aromatic carbocycles. The lowest BCUT2D eigenvalue weighted by atomic mass is 9.99. The molecule has 0 aromatic heterocycles. The Hall–Kier alpha value is -1.30. The van der Waals surface area contributed by atoms with Gasteiger partial charge in [-0.05, 0) is 48.0 Å². The van der Waals surface area contributed by atoms with Crippen LogP contribution in [0.25, 0.3) is 10.8 Å². The molecule has 1 unspecified atom stereocenters. The van der Waals surface area contributed by atoms with Crippen molar-refractivity contribution < 1.29 is 0 Å². The molecule has 2 aromatic rings. The first-order valence-electron chi connectivity index (χ1n) is 6.04. The van der Waals surface area contributed by atoms with E-state index in [-0.39, 0.29) is 0 Å². The van der Waals surface area contributed by atoms with Gasteiger partial charge < -0.3 is 5.32 Å². The van der Waals surface area contributed by atoms with Crippen molar-refractivity contribution in [2.75, 3.05) is 7.05 Å². The van der Waals surface area contributed by atoms with Gasteiger partial charge in [-0.3, -0.25) is 0 Å². The van der Waals surface area contributed by atoms with Gasteiger partial charge in [0.05, 0.1) is 0 Å². The molecule has 0 aliphatic heterocycles. The van der Waals surface area contributed by atoms with Crippen LogP contribution >= 0.6 is 15.9 Å². The fraction of sp³-hybridized carbons (Fsp3) is 0.250. The highest BCUT2D eigenvalue weighted by molar-refractivity contribution is 9.10. The summed E-state index contributed by atoms with van der Waals surface area (Å²) in [4.78, 5) is 0. The Bertz CT molecular complexity index is 583. The van der Waals surface area contributed by atoms with E-state index in [2.05, 4.69) is 63.6 Å². The molecular weight excluding hydrogens is 286 g/mol. The number of fused-ring (bicyclic) bond motifs is 1. The fourth-order valence-corrected chi connectivity index (χ4v) is 2.54. The van der Waals surface area contributed by atoms with E-state index in [1.165, 1.54) is 16.3 Å². The van der Waals surface area contributed by atoms with Gasteiger partial charge in [-0.15, -0.1) is 12.3 Å². The Labute approximate surface area is 117 Å². The van der Waals surface area contributed by atoms with Gasteiger partial charge in [0.25, 0.3) is 0 Å². The molecule has 1 atom stereocenters. The predicted molar refractivity (Wildman–Crippen MR) is 81.5 cm³/mol. The summed E-state index contributed by atoms with van der Waals surface area (Å²) in [6.07, 6.45) is 7.10. The number of terminal acetylenes is 1. The summed E-state index contributed by atoms with van der Waals surface area (Å²) in [6.45, 7) is 0. The molecule has 0 saturated carbocycles. The Morgan fingerprint density at radius 2 is 1.94 bits per heavy atom. The van der Waals surface area contributed by atoms with Crippen molar-refractivity contribution in [3.8, 4) is 12.3 Å². The van der Waals surface area contributed by atoms with Crippen LogP contribution in [0, 0.1) is 12.3 Å². The first-order chi connectivity index (χ1) is 8.74. The van der Waals surface area contributed by atoms with E-state index in [1.807, 2.05) is 7.05 Å². The van der Waals surface area contributed by atoms with Crippen molar-refractivity contribution in [2.45, 2.75) is 18.9 Å². The summed E-state index contributed by atoms with van der Waals surface area (Å²) in [5.41, 5.74) is 1.29. The van der Waals surface area contributed by atoms with E-state index < -0.39 is 0 Å². The minimum Gasteiger partial charge on any atom is -0.313 e. The SMILES string of the molecule is C#CCCC(NC)c1ccc2cc(Br)ccc2c1. The van der Waals surface area contributed by atoms with Crippen LogP contribution in [0.3, 0.4) is 0 Å². The van der Waals surface area contributed by atoms with Gasteiger partial charge in [0.15, 0.2) is 0 Å².